The molecule has 27 heavy (non-hydrogen) atoms. The number of nitrogens with one attached hydrogen (secondary N) is 1. The van der Waals surface area contributed by atoms with Gasteiger partial charge in [-0.3, -0.25) is 9.59 Å². The highest BCUT2D eigenvalue weighted by Crippen LogP contribution is 2.36. The van der Waals surface area contributed by atoms with E-state index in [9.17, 15) is 9.59 Å². The average Bonchev–Trinajstić information content (AvgIpc) is 3.06. The molecule has 3 rings (SSSR count). The van der Waals surface area contributed by atoms with Crippen molar-refractivity contribution in [1.29, 1.82) is 0 Å². The van der Waals surface area contributed by atoms with Crippen LogP contribution in [0.1, 0.15) is 32.6 Å². The van der Waals surface area contributed by atoms with Gasteiger partial charge in [-0.25, -0.2) is 0 Å². The van der Waals surface area contributed by atoms with E-state index in [4.69, 9.17) is 15.2 Å². The minimum Gasteiger partial charge on any atom is -0.486 e. The van der Waals surface area contributed by atoms with Crippen LogP contribution in [0.3, 0.4) is 0 Å². The van der Waals surface area contributed by atoms with Crippen molar-refractivity contribution in [2.45, 2.75) is 38.6 Å². The van der Waals surface area contributed by atoms with Crippen molar-refractivity contribution < 1.29 is 19.1 Å². The van der Waals surface area contributed by atoms with Crippen LogP contribution in [0.4, 0.5) is 5.69 Å². The highest BCUT2D eigenvalue weighted by Gasteiger charge is 2.38. The van der Waals surface area contributed by atoms with Crippen LogP contribution < -0.4 is 25.4 Å². The molecule has 7 nitrogen and oxygen atoms in total. The second-order valence-corrected chi connectivity index (χ2v) is 6.74. The Morgan fingerprint density at radius 3 is 2.78 bits per heavy atom. The molecule has 0 bridgehead atoms. The Morgan fingerprint density at radius 1 is 1.33 bits per heavy atom. The number of fused-ring (bicyclic) bond motifs is 1. The number of benzene rings is 1. The van der Waals surface area contributed by atoms with Gasteiger partial charge < -0.3 is 25.4 Å². The average molecular weight is 398 g/mol. The number of nitrogens with zero attached hydrogens (tertiary/aromatic N) is 1. The van der Waals surface area contributed by atoms with Gasteiger partial charge in [0.15, 0.2) is 11.5 Å². The minimum absolute atomic E-state index is 0. The van der Waals surface area contributed by atoms with Gasteiger partial charge in [0.25, 0.3) is 0 Å². The van der Waals surface area contributed by atoms with E-state index in [1.165, 1.54) is 0 Å². The number of hydrogen-bond acceptors (Lipinski definition) is 5. The van der Waals surface area contributed by atoms with Crippen molar-refractivity contribution in [1.82, 2.24) is 5.32 Å². The van der Waals surface area contributed by atoms with E-state index in [0.717, 1.165) is 24.9 Å². The Morgan fingerprint density at radius 2 is 2.07 bits per heavy atom. The highest BCUT2D eigenvalue weighted by molar-refractivity contribution is 6.09. The lowest BCUT2D eigenvalue weighted by Crippen LogP contribution is -2.45. The lowest BCUT2D eigenvalue weighted by atomic mass is 10.1. The predicted octanol–water partition coefficient (Wildman–Crippen LogP) is 1.87. The van der Waals surface area contributed by atoms with Crippen molar-refractivity contribution in [2.24, 2.45) is 11.7 Å². The van der Waals surface area contributed by atoms with Crippen LogP contribution in [0.2, 0.25) is 0 Å². The third-order valence-electron chi connectivity index (χ3n) is 4.90. The van der Waals surface area contributed by atoms with Crippen molar-refractivity contribution in [3.63, 3.8) is 0 Å². The normalized spacial score (nSPS) is 19.4. The summed E-state index contributed by atoms with van der Waals surface area (Å²) in [5, 5.41) is 2.94. The lowest BCUT2D eigenvalue weighted by Gasteiger charge is -2.22. The van der Waals surface area contributed by atoms with Crippen LogP contribution in [-0.4, -0.2) is 44.2 Å². The molecule has 0 aromatic heterocycles. The zero-order valence-electron chi connectivity index (χ0n) is 15.6. The SMILES string of the molecule is CCCCC(CN)NC(=O)C1CCN(c2ccc3c(c2)OCCO3)C1=O.Cl. The molecule has 1 fully saturated rings. The molecule has 0 spiro atoms. The van der Waals surface area contributed by atoms with Gasteiger partial charge in [-0.2, -0.15) is 0 Å². The Hall–Kier alpha value is -1.99. The first-order valence-electron chi connectivity index (χ1n) is 9.35. The summed E-state index contributed by atoms with van der Waals surface area (Å²) in [6, 6.07) is 5.37. The Kier molecular flexibility index (Phi) is 7.74. The summed E-state index contributed by atoms with van der Waals surface area (Å²) < 4.78 is 11.1. The number of unbranched alkanes of at least 4 members (excludes halogenated alkanes) is 1. The van der Waals surface area contributed by atoms with Crippen LogP contribution in [0.5, 0.6) is 11.5 Å². The molecule has 1 aromatic rings. The van der Waals surface area contributed by atoms with E-state index >= 15 is 0 Å². The molecular weight excluding hydrogens is 370 g/mol. The molecule has 2 atom stereocenters. The molecule has 0 aliphatic carbocycles. The van der Waals surface area contributed by atoms with Gasteiger partial charge in [0.05, 0.1) is 0 Å². The summed E-state index contributed by atoms with van der Waals surface area (Å²) >= 11 is 0. The van der Waals surface area contributed by atoms with E-state index in [-0.39, 0.29) is 30.3 Å². The first kappa shape index (κ1) is 21.3. The topological polar surface area (TPSA) is 93.9 Å². The second-order valence-electron chi connectivity index (χ2n) is 6.74. The number of rotatable bonds is 7. The fourth-order valence-corrected chi connectivity index (χ4v) is 3.38. The van der Waals surface area contributed by atoms with Gasteiger partial charge in [-0.05, 0) is 25.0 Å². The smallest absolute Gasteiger partial charge is 0.239 e. The number of nitrogens with two attached hydrogens (primary N) is 1. The molecule has 3 N–H and O–H groups in total. The van der Waals surface area contributed by atoms with Crippen molar-refractivity contribution in [3.8, 4) is 11.5 Å². The maximum absolute atomic E-state index is 12.8. The summed E-state index contributed by atoms with van der Waals surface area (Å²) in [6.45, 7) is 4.02. The molecule has 150 valence electrons. The van der Waals surface area contributed by atoms with Gasteiger partial charge in [0.1, 0.15) is 19.1 Å². The Bertz CT molecular complexity index is 670. The van der Waals surface area contributed by atoms with Crippen LogP contribution in [0, 0.1) is 5.92 Å². The summed E-state index contributed by atoms with van der Waals surface area (Å²) in [7, 11) is 0. The molecule has 8 heteroatoms. The molecule has 1 aromatic carbocycles. The highest BCUT2D eigenvalue weighted by atomic mass is 35.5. The second kappa shape index (κ2) is 9.80. The zero-order chi connectivity index (χ0) is 18.5. The minimum atomic E-state index is -0.654. The lowest BCUT2D eigenvalue weighted by molar-refractivity contribution is -0.132. The number of halogens is 1. The Balaban J connectivity index is 0.00000261. The first-order valence-corrected chi connectivity index (χ1v) is 9.35. The molecule has 2 amide bonds. The molecule has 1 saturated heterocycles. The number of carbonyl (C=O) groups is 2. The van der Waals surface area contributed by atoms with Crippen LogP contribution >= 0.6 is 12.4 Å². The number of hydrogen-bond donors (Lipinski definition) is 2. The van der Waals surface area contributed by atoms with Gasteiger partial charge in [-0.1, -0.05) is 19.8 Å². The van der Waals surface area contributed by atoms with E-state index in [1.54, 1.807) is 17.0 Å². The van der Waals surface area contributed by atoms with E-state index in [0.29, 0.717) is 44.2 Å². The maximum Gasteiger partial charge on any atom is 0.239 e. The van der Waals surface area contributed by atoms with Crippen molar-refractivity contribution >= 4 is 29.9 Å². The van der Waals surface area contributed by atoms with Gasteiger partial charge in [-0.15, -0.1) is 12.4 Å². The summed E-state index contributed by atoms with van der Waals surface area (Å²) in [5.41, 5.74) is 6.47. The number of anilines is 1. The molecule has 0 radical (unpaired) electrons. The quantitative estimate of drug-likeness (QED) is 0.685. The molecular formula is C19H28ClN3O4. The maximum atomic E-state index is 12.8. The molecule has 2 aliphatic rings. The molecule has 2 unspecified atom stereocenters. The summed E-state index contributed by atoms with van der Waals surface area (Å²) in [4.78, 5) is 26.9. The summed E-state index contributed by atoms with van der Waals surface area (Å²) in [6.07, 6.45) is 3.40. The van der Waals surface area contributed by atoms with Crippen molar-refractivity contribution in [2.75, 3.05) is 31.2 Å². The van der Waals surface area contributed by atoms with Gasteiger partial charge >= 0.3 is 0 Å². The van der Waals surface area contributed by atoms with Crippen molar-refractivity contribution in [3.05, 3.63) is 18.2 Å². The van der Waals surface area contributed by atoms with Gasteiger partial charge in [0, 0.05) is 30.9 Å². The monoisotopic (exact) mass is 397 g/mol. The molecule has 2 heterocycles. The van der Waals surface area contributed by atoms with Crippen LogP contribution in [0.15, 0.2) is 18.2 Å². The standard InChI is InChI=1S/C19H27N3O4.ClH/c1-2-3-4-13(12-20)21-18(23)15-7-8-22(19(15)24)14-5-6-16-17(11-14)26-10-9-25-16;/h5-6,11,13,15H,2-4,7-10,12,20H2,1H3,(H,21,23);1H. The van der Waals surface area contributed by atoms with Crippen LogP contribution in [-0.2, 0) is 9.59 Å². The number of carbonyl (C=O) groups excluding carboxylic acids is 2. The fraction of sp³-hybridized carbons (Fsp3) is 0.579. The van der Waals surface area contributed by atoms with E-state index < -0.39 is 5.92 Å². The van der Waals surface area contributed by atoms with E-state index in [2.05, 4.69) is 12.2 Å². The fourth-order valence-electron chi connectivity index (χ4n) is 3.38. The summed E-state index contributed by atoms with van der Waals surface area (Å²) in [5.74, 6) is 0.269. The molecule has 2 aliphatic heterocycles. The van der Waals surface area contributed by atoms with E-state index in [1.807, 2.05) is 6.07 Å². The number of ether oxygens (including phenoxy) is 2. The van der Waals surface area contributed by atoms with Crippen LogP contribution in [0.25, 0.3) is 0 Å². The zero-order valence-corrected chi connectivity index (χ0v) is 16.4. The third-order valence-corrected chi connectivity index (χ3v) is 4.90. The van der Waals surface area contributed by atoms with Gasteiger partial charge in [0.2, 0.25) is 11.8 Å². The first-order chi connectivity index (χ1) is 12.6. The Labute approximate surface area is 166 Å². The predicted molar refractivity (Wildman–Crippen MR) is 106 cm³/mol. The molecule has 0 saturated carbocycles. The largest absolute Gasteiger partial charge is 0.486 e. The number of amides is 2. The third kappa shape index (κ3) is 4.84.